The Kier molecular flexibility index (Phi) is 4.96. The number of para-hydroxylation sites is 1. The molecule has 2 aromatic heterocycles. The van der Waals surface area contributed by atoms with Crippen molar-refractivity contribution in [1.82, 2.24) is 14.9 Å². The van der Waals surface area contributed by atoms with Crippen LogP contribution in [0.15, 0.2) is 24.3 Å². The van der Waals surface area contributed by atoms with Gasteiger partial charge in [-0.05, 0) is 43.4 Å². The fourth-order valence-electron chi connectivity index (χ4n) is 3.90. The molecule has 3 aromatic rings. The van der Waals surface area contributed by atoms with Gasteiger partial charge in [0.1, 0.15) is 10.7 Å². The molecule has 1 fully saturated rings. The summed E-state index contributed by atoms with van der Waals surface area (Å²) >= 11 is 1.74. The largest absolute Gasteiger partial charge is 0.435 e. The number of aryl methyl sites for hydroxylation is 2. The van der Waals surface area contributed by atoms with E-state index in [1.807, 2.05) is 0 Å². The second kappa shape index (κ2) is 7.73. The summed E-state index contributed by atoms with van der Waals surface area (Å²) < 4.78 is 25.7. The number of nitrogens with zero attached hydrogens (tertiary/aromatic N) is 3. The minimum atomic E-state index is -0.381. The van der Waals surface area contributed by atoms with Gasteiger partial charge in [0.25, 0.3) is 0 Å². The molecule has 0 amide bonds. The van der Waals surface area contributed by atoms with Crippen LogP contribution in [0.2, 0.25) is 0 Å². The summed E-state index contributed by atoms with van der Waals surface area (Å²) in [6, 6.07) is 6.48. The van der Waals surface area contributed by atoms with Crippen LogP contribution in [0.25, 0.3) is 10.2 Å². The lowest BCUT2D eigenvalue weighted by molar-refractivity contribution is 0.0330. The fourth-order valence-corrected chi connectivity index (χ4v) is 5.17. The highest BCUT2D eigenvalue weighted by Crippen LogP contribution is 2.41. The third kappa shape index (κ3) is 3.50. The smallest absolute Gasteiger partial charge is 0.231 e. The molecule has 3 heterocycles. The minimum absolute atomic E-state index is 0.204. The van der Waals surface area contributed by atoms with E-state index in [9.17, 15) is 4.39 Å². The third-order valence-corrected chi connectivity index (χ3v) is 6.53. The first-order valence-corrected chi connectivity index (χ1v) is 10.6. The Bertz CT molecular complexity index is 1000. The Morgan fingerprint density at radius 1 is 1.11 bits per heavy atom. The summed E-state index contributed by atoms with van der Waals surface area (Å²) in [5.41, 5.74) is 1.29. The van der Waals surface area contributed by atoms with Gasteiger partial charge in [-0.2, -0.15) is 4.98 Å². The molecule has 0 atom stereocenters. The standard InChI is InChI=1S/C21H22FN3O2S/c22-15-6-2-3-7-16(15)27-20-19-14-5-1-4-8-17(14)28-21(19)24-18(23-20)13-25-9-11-26-12-10-25/h2-3,6-7H,1,4-5,8-13H2. The Morgan fingerprint density at radius 2 is 1.93 bits per heavy atom. The number of fused-ring (bicyclic) bond motifs is 3. The molecule has 0 radical (unpaired) electrons. The SMILES string of the molecule is Fc1ccccc1Oc1nc(CN2CCOCC2)nc2sc3c(c12)CCCC3. The average molecular weight is 399 g/mol. The van der Waals surface area contributed by atoms with Gasteiger partial charge in [-0.15, -0.1) is 11.3 Å². The molecular weight excluding hydrogens is 377 g/mol. The van der Waals surface area contributed by atoms with Gasteiger partial charge in [0.05, 0.1) is 25.1 Å². The van der Waals surface area contributed by atoms with Crippen molar-refractivity contribution >= 4 is 21.6 Å². The van der Waals surface area contributed by atoms with E-state index in [2.05, 4.69) is 4.90 Å². The quantitative estimate of drug-likeness (QED) is 0.653. The maximum atomic E-state index is 14.2. The highest BCUT2D eigenvalue weighted by Gasteiger charge is 2.23. The zero-order valence-electron chi connectivity index (χ0n) is 15.6. The number of thiophene rings is 1. The highest BCUT2D eigenvalue weighted by atomic mass is 32.1. The topological polar surface area (TPSA) is 47.5 Å². The fraction of sp³-hybridized carbons (Fsp3) is 0.429. The maximum absolute atomic E-state index is 14.2. The van der Waals surface area contributed by atoms with Gasteiger partial charge in [-0.1, -0.05) is 12.1 Å². The number of hydrogen-bond acceptors (Lipinski definition) is 6. The summed E-state index contributed by atoms with van der Waals surface area (Å²) in [5.74, 6) is 1.03. The van der Waals surface area contributed by atoms with Crippen LogP contribution in [-0.2, 0) is 24.1 Å². The Balaban J connectivity index is 1.57. The van der Waals surface area contributed by atoms with Gasteiger partial charge < -0.3 is 9.47 Å². The van der Waals surface area contributed by atoms with E-state index in [4.69, 9.17) is 19.4 Å². The first-order valence-electron chi connectivity index (χ1n) is 9.81. The molecule has 1 aromatic carbocycles. The second-order valence-corrected chi connectivity index (χ2v) is 8.34. The molecule has 0 unspecified atom stereocenters. The van der Waals surface area contributed by atoms with E-state index in [1.165, 1.54) is 22.9 Å². The van der Waals surface area contributed by atoms with Crippen LogP contribution in [0.5, 0.6) is 11.6 Å². The zero-order chi connectivity index (χ0) is 18.9. The summed E-state index contributed by atoms with van der Waals surface area (Å²) in [7, 11) is 0. The van der Waals surface area contributed by atoms with Crippen molar-refractivity contribution in [3.63, 3.8) is 0 Å². The number of rotatable bonds is 4. The lowest BCUT2D eigenvalue weighted by atomic mass is 9.97. The number of hydrogen-bond donors (Lipinski definition) is 0. The van der Waals surface area contributed by atoms with Gasteiger partial charge in [-0.25, -0.2) is 9.37 Å². The molecule has 146 valence electrons. The van der Waals surface area contributed by atoms with Gasteiger partial charge >= 0.3 is 0 Å². The molecule has 5 rings (SSSR count). The molecule has 1 aliphatic heterocycles. The van der Waals surface area contributed by atoms with Crippen molar-refractivity contribution < 1.29 is 13.9 Å². The molecule has 0 bridgehead atoms. The van der Waals surface area contributed by atoms with Crippen LogP contribution < -0.4 is 4.74 Å². The molecule has 28 heavy (non-hydrogen) atoms. The number of aromatic nitrogens is 2. The molecule has 1 saturated heterocycles. The molecule has 0 spiro atoms. The van der Waals surface area contributed by atoms with Crippen molar-refractivity contribution in [3.8, 4) is 11.6 Å². The molecule has 2 aliphatic rings. The first kappa shape index (κ1) is 18.0. The summed E-state index contributed by atoms with van der Waals surface area (Å²) in [6.07, 6.45) is 4.45. The lowest BCUT2D eigenvalue weighted by Crippen LogP contribution is -2.36. The Hall–Kier alpha value is -2.09. The normalized spacial score (nSPS) is 17.6. The summed E-state index contributed by atoms with van der Waals surface area (Å²) in [6.45, 7) is 3.84. The third-order valence-electron chi connectivity index (χ3n) is 5.34. The zero-order valence-corrected chi connectivity index (χ0v) is 16.4. The van der Waals surface area contributed by atoms with Crippen LogP contribution in [0.1, 0.15) is 29.1 Å². The maximum Gasteiger partial charge on any atom is 0.231 e. The highest BCUT2D eigenvalue weighted by molar-refractivity contribution is 7.18. The molecule has 5 nitrogen and oxygen atoms in total. The van der Waals surface area contributed by atoms with E-state index < -0.39 is 0 Å². The lowest BCUT2D eigenvalue weighted by Gasteiger charge is -2.25. The van der Waals surface area contributed by atoms with Crippen LogP contribution in [0.3, 0.4) is 0 Å². The van der Waals surface area contributed by atoms with Crippen LogP contribution in [0, 0.1) is 5.82 Å². The summed E-state index contributed by atoms with van der Waals surface area (Å²) in [4.78, 5) is 14.2. The number of halogens is 1. The van der Waals surface area contributed by atoms with E-state index in [0.29, 0.717) is 12.4 Å². The molecule has 7 heteroatoms. The monoisotopic (exact) mass is 399 g/mol. The number of ether oxygens (including phenoxy) is 2. The second-order valence-electron chi connectivity index (χ2n) is 7.26. The molecular formula is C21H22FN3O2S. The minimum Gasteiger partial charge on any atom is -0.435 e. The van der Waals surface area contributed by atoms with E-state index in [1.54, 1.807) is 29.5 Å². The average Bonchev–Trinajstić information content (AvgIpc) is 3.09. The predicted octanol–water partition coefficient (Wildman–Crippen LogP) is 4.33. The number of benzene rings is 1. The summed E-state index contributed by atoms with van der Waals surface area (Å²) in [5, 5.41) is 0.966. The van der Waals surface area contributed by atoms with Crippen molar-refractivity contribution in [3.05, 3.63) is 46.3 Å². The van der Waals surface area contributed by atoms with Gasteiger partial charge in [-0.3, -0.25) is 4.90 Å². The predicted molar refractivity (Wildman–Crippen MR) is 107 cm³/mol. The van der Waals surface area contributed by atoms with Crippen molar-refractivity contribution in [2.45, 2.75) is 32.2 Å². The molecule has 0 saturated carbocycles. The van der Waals surface area contributed by atoms with E-state index >= 15 is 0 Å². The van der Waals surface area contributed by atoms with E-state index in [-0.39, 0.29) is 11.6 Å². The van der Waals surface area contributed by atoms with Crippen LogP contribution >= 0.6 is 11.3 Å². The van der Waals surface area contributed by atoms with Crippen molar-refractivity contribution in [1.29, 1.82) is 0 Å². The van der Waals surface area contributed by atoms with Crippen molar-refractivity contribution in [2.24, 2.45) is 0 Å². The van der Waals surface area contributed by atoms with Crippen molar-refractivity contribution in [2.75, 3.05) is 26.3 Å². The number of morpholine rings is 1. The van der Waals surface area contributed by atoms with Gasteiger partial charge in [0.2, 0.25) is 5.88 Å². The van der Waals surface area contributed by atoms with Gasteiger partial charge in [0.15, 0.2) is 11.6 Å². The van der Waals surface area contributed by atoms with Gasteiger partial charge in [0, 0.05) is 18.0 Å². The van der Waals surface area contributed by atoms with E-state index in [0.717, 1.165) is 61.6 Å². The molecule has 0 N–H and O–H groups in total. The Labute approximate surface area is 167 Å². The van der Waals surface area contributed by atoms with Crippen LogP contribution in [-0.4, -0.2) is 41.2 Å². The Morgan fingerprint density at radius 3 is 2.79 bits per heavy atom. The first-order chi connectivity index (χ1) is 13.8. The van der Waals surface area contributed by atoms with Crippen LogP contribution in [0.4, 0.5) is 4.39 Å². The molecule has 1 aliphatic carbocycles.